The number of amides is 1. The molecule has 106 valence electrons. The van der Waals surface area contributed by atoms with Crippen molar-refractivity contribution in [1.29, 1.82) is 0 Å². The number of para-hydroxylation sites is 1. The first kappa shape index (κ1) is 14.0. The molecule has 0 saturated heterocycles. The summed E-state index contributed by atoms with van der Waals surface area (Å²) in [6, 6.07) is 6.18. The van der Waals surface area contributed by atoms with Gasteiger partial charge in [0.2, 0.25) is 0 Å². The first-order valence-electron chi connectivity index (χ1n) is 6.19. The molecule has 1 amide bonds. The monoisotopic (exact) mass is 277 g/mol. The number of ether oxygens (including phenoxy) is 1. The summed E-state index contributed by atoms with van der Waals surface area (Å²) in [5.41, 5.74) is 0.515. The number of likely N-dealkylation sites (N-methyl/N-ethyl adjacent to an activating group) is 1. The predicted octanol–water partition coefficient (Wildman–Crippen LogP) is 1.71. The summed E-state index contributed by atoms with van der Waals surface area (Å²) < 4.78 is 20.2. The molecule has 0 bridgehead atoms. The van der Waals surface area contributed by atoms with E-state index < -0.39 is 5.82 Å². The Labute approximate surface area is 116 Å². The first-order valence-corrected chi connectivity index (χ1v) is 6.19. The van der Waals surface area contributed by atoms with Crippen LogP contribution in [0.5, 0.6) is 5.75 Å². The molecule has 0 radical (unpaired) electrons. The number of benzene rings is 1. The Hall–Kier alpha value is -2.37. The van der Waals surface area contributed by atoms with Crippen LogP contribution in [0, 0.1) is 5.82 Å². The van der Waals surface area contributed by atoms with Gasteiger partial charge in [-0.15, -0.1) is 0 Å². The minimum absolute atomic E-state index is 0.143. The fourth-order valence-electron chi connectivity index (χ4n) is 1.71. The largest absolute Gasteiger partial charge is 0.489 e. The molecule has 0 aliphatic carbocycles. The predicted molar refractivity (Wildman–Crippen MR) is 72.1 cm³/mol. The topological polar surface area (TPSA) is 47.4 Å². The van der Waals surface area contributed by atoms with Gasteiger partial charge < -0.3 is 9.64 Å². The number of carbonyl (C=O) groups is 1. The zero-order valence-electron chi connectivity index (χ0n) is 11.4. The van der Waals surface area contributed by atoms with Crippen LogP contribution in [0.4, 0.5) is 4.39 Å². The van der Waals surface area contributed by atoms with Crippen molar-refractivity contribution in [2.45, 2.75) is 0 Å². The van der Waals surface area contributed by atoms with E-state index in [2.05, 4.69) is 5.10 Å². The summed E-state index contributed by atoms with van der Waals surface area (Å²) in [6.45, 7) is 0.589. The molecule has 1 aromatic heterocycles. The van der Waals surface area contributed by atoms with Crippen molar-refractivity contribution >= 4 is 5.91 Å². The van der Waals surface area contributed by atoms with Crippen LogP contribution in [-0.2, 0) is 7.05 Å². The summed E-state index contributed by atoms with van der Waals surface area (Å²) in [5.74, 6) is -0.362. The Morgan fingerprint density at radius 1 is 1.45 bits per heavy atom. The Balaban J connectivity index is 1.85. The zero-order valence-corrected chi connectivity index (χ0v) is 11.4. The Bertz CT molecular complexity index is 598. The van der Waals surface area contributed by atoms with Gasteiger partial charge in [0.25, 0.3) is 5.91 Å². The molecule has 0 atom stereocenters. The highest BCUT2D eigenvalue weighted by atomic mass is 19.1. The minimum Gasteiger partial charge on any atom is -0.489 e. The Morgan fingerprint density at radius 3 is 2.85 bits per heavy atom. The molecular weight excluding hydrogens is 261 g/mol. The molecule has 6 heteroatoms. The van der Waals surface area contributed by atoms with E-state index in [1.54, 1.807) is 43.2 Å². The van der Waals surface area contributed by atoms with Gasteiger partial charge in [-0.05, 0) is 12.1 Å². The summed E-state index contributed by atoms with van der Waals surface area (Å²) in [5, 5.41) is 3.95. The Morgan fingerprint density at radius 2 is 2.20 bits per heavy atom. The smallest absolute Gasteiger partial charge is 0.256 e. The second kappa shape index (κ2) is 6.18. The SMILES string of the molecule is CN(CCOc1ccccc1F)C(=O)c1cnn(C)c1. The van der Waals surface area contributed by atoms with Gasteiger partial charge in [0.05, 0.1) is 18.3 Å². The third-order valence-electron chi connectivity index (χ3n) is 2.82. The molecular formula is C14H16FN3O2. The second-order valence-electron chi connectivity index (χ2n) is 4.41. The number of aromatic nitrogens is 2. The summed E-state index contributed by atoms with van der Waals surface area (Å²) in [4.78, 5) is 13.5. The van der Waals surface area contributed by atoms with Gasteiger partial charge >= 0.3 is 0 Å². The number of halogens is 1. The molecule has 0 spiro atoms. The van der Waals surface area contributed by atoms with Crippen LogP contribution in [-0.4, -0.2) is 40.8 Å². The number of aryl methyl sites for hydroxylation is 1. The van der Waals surface area contributed by atoms with Crippen molar-refractivity contribution in [3.8, 4) is 5.75 Å². The van der Waals surface area contributed by atoms with Crippen LogP contribution in [0.25, 0.3) is 0 Å². The highest BCUT2D eigenvalue weighted by Gasteiger charge is 2.13. The molecule has 0 fully saturated rings. The van der Waals surface area contributed by atoms with E-state index in [0.29, 0.717) is 12.1 Å². The van der Waals surface area contributed by atoms with Crippen LogP contribution in [0.1, 0.15) is 10.4 Å². The molecule has 1 heterocycles. The van der Waals surface area contributed by atoms with Crippen molar-refractivity contribution in [2.75, 3.05) is 20.2 Å². The summed E-state index contributed by atoms with van der Waals surface area (Å²) >= 11 is 0. The van der Waals surface area contributed by atoms with Gasteiger partial charge in [-0.2, -0.15) is 5.10 Å². The van der Waals surface area contributed by atoms with Crippen LogP contribution in [0.3, 0.4) is 0 Å². The lowest BCUT2D eigenvalue weighted by molar-refractivity contribution is 0.0773. The fraction of sp³-hybridized carbons (Fsp3) is 0.286. The molecule has 2 rings (SSSR count). The van der Waals surface area contributed by atoms with Crippen molar-refractivity contribution < 1.29 is 13.9 Å². The van der Waals surface area contributed by atoms with Crippen molar-refractivity contribution in [3.63, 3.8) is 0 Å². The summed E-state index contributed by atoms with van der Waals surface area (Å²) in [7, 11) is 3.41. The van der Waals surface area contributed by atoms with Crippen LogP contribution in [0.15, 0.2) is 36.7 Å². The standard InChI is InChI=1S/C14H16FN3O2/c1-17(14(19)11-9-16-18(2)10-11)7-8-20-13-6-4-3-5-12(13)15/h3-6,9-10H,7-8H2,1-2H3. The Kier molecular flexibility index (Phi) is 4.34. The van der Waals surface area contributed by atoms with Gasteiger partial charge in [-0.3, -0.25) is 9.48 Å². The van der Waals surface area contributed by atoms with Gasteiger partial charge in [0, 0.05) is 20.3 Å². The molecule has 5 nitrogen and oxygen atoms in total. The number of nitrogens with zero attached hydrogens (tertiary/aromatic N) is 3. The molecule has 20 heavy (non-hydrogen) atoms. The van der Waals surface area contributed by atoms with E-state index in [-0.39, 0.29) is 18.3 Å². The first-order chi connectivity index (χ1) is 9.58. The van der Waals surface area contributed by atoms with E-state index in [9.17, 15) is 9.18 Å². The molecule has 0 saturated carbocycles. The average molecular weight is 277 g/mol. The van der Waals surface area contributed by atoms with Gasteiger partial charge in [-0.1, -0.05) is 12.1 Å². The van der Waals surface area contributed by atoms with E-state index >= 15 is 0 Å². The molecule has 2 aromatic rings. The lowest BCUT2D eigenvalue weighted by Crippen LogP contribution is -2.30. The lowest BCUT2D eigenvalue weighted by atomic mass is 10.3. The van der Waals surface area contributed by atoms with Gasteiger partial charge in [0.1, 0.15) is 6.61 Å². The number of hydrogen-bond donors (Lipinski definition) is 0. The van der Waals surface area contributed by atoms with E-state index in [1.807, 2.05) is 0 Å². The molecule has 0 N–H and O–H groups in total. The van der Waals surface area contributed by atoms with Crippen LogP contribution in [0.2, 0.25) is 0 Å². The van der Waals surface area contributed by atoms with Crippen molar-refractivity contribution in [1.82, 2.24) is 14.7 Å². The van der Waals surface area contributed by atoms with E-state index in [1.165, 1.54) is 17.2 Å². The van der Waals surface area contributed by atoms with Crippen LogP contribution < -0.4 is 4.74 Å². The lowest BCUT2D eigenvalue weighted by Gasteiger charge is -2.16. The molecule has 0 aliphatic heterocycles. The van der Waals surface area contributed by atoms with E-state index in [0.717, 1.165) is 0 Å². The van der Waals surface area contributed by atoms with Crippen molar-refractivity contribution in [2.24, 2.45) is 7.05 Å². The van der Waals surface area contributed by atoms with E-state index in [4.69, 9.17) is 4.74 Å². The highest BCUT2D eigenvalue weighted by Crippen LogP contribution is 2.15. The average Bonchev–Trinajstić information content (AvgIpc) is 2.86. The van der Waals surface area contributed by atoms with Crippen LogP contribution >= 0.6 is 0 Å². The number of rotatable bonds is 5. The maximum absolute atomic E-state index is 13.3. The van der Waals surface area contributed by atoms with Gasteiger partial charge in [0.15, 0.2) is 11.6 Å². The normalized spacial score (nSPS) is 10.3. The van der Waals surface area contributed by atoms with Gasteiger partial charge in [-0.25, -0.2) is 4.39 Å². The maximum Gasteiger partial charge on any atom is 0.256 e. The third kappa shape index (κ3) is 3.34. The summed E-state index contributed by atoms with van der Waals surface area (Å²) in [6.07, 6.45) is 3.16. The third-order valence-corrected chi connectivity index (χ3v) is 2.82. The number of hydrogen-bond acceptors (Lipinski definition) is 3. The molecule has 0 aliphatic rings. The minimum atomic E-state index is -0.409. The number of carbonyl (C=O) groups excluding carboxylic acids is 1. The van der Waals surface area contributed by atoms with Crippen molar-refractivity contribution in [3.05, 3.63) is 48.0 Å². The quantitative estimate of drug-likeness (QED) is 0.836. The zero-order chi connectivity index (χ0) is 14.5. The maximum atomic E-state index is 13.3. The highest BCUT2D eigenvalue weighted by molar-refractivity contribution is 5.93. The fourth-order valence-corrected chi connectivity index (χ4v) is 1.71. The molecule has 0 unspecified atom stereocenters. The molecule has 1 aromatic carbocycles. The second-order valence-corrected chi connectivity index (χ2v) is 4.41.